The van der Waals surface area contributed by atoms with Crippen LogP contribution in [-0.4, -0.2) is 23.9 Å². The van der Waals surface area contributed by atoms with Crippen LogP contribution in [0, 0.1) is 5.92 Å². The molecule has 2 rings (SSSR count). The smallest absolute Gasteiger partial charge is 0.256 e. The molecule has 1 heterocycles. The van der Waals surface area contributed by atoms with Crippen LogP contribution in [0.5, 0.6) is 0 Å². The summed E-state index contributed by atoms with van der Waals surface area (Å²) in [5, 5.41) is 0.547. The van der Waals surface area contributed by atoms with E-state index in [1.54, 1.807) is 18.2 Å². The highest BCUT2D eigenvalue weighted by molar-refractivity contribution is 6.31. The SMILES string of the molecule is CC1CCCN(C(=O)c2cc(Cl)ccc2NN)CC1. The predicted molar refractivity (Wildman–Crippen MR) is 78.2 cm³/mol. The number of rotatable bonds is 2. The van der Waals surface area contributed by atoms with E-state index < -0.39 is 0 Å². The minimum absolute atomic E-state index is 0.00421. The summed E-state index contributed by atoms with van der Waals surface area (Å²) >= 11 is 5.97. The van der Waals surface area contributed by atoms with Crippen molar-refractivity contribution in [1.82, 2.24) is 4.90 Å². The maximum Gasteiger partial charge on any atom is 0.256 e. The number of benzene rings is 1. The summed E-state index contributed by atoms with van der Waals surface area (Å²) < 4.78 is 0. The van der Waals surface area contributed by atoms with Gasteiger partial charge in [0.05, 0.1) is 11.3 Å². The molecule has 1 aliphatic heterocycles. The molecule has 1 unspecified atom stereocenters. The van der Waals surface area contributed by atoms with Crippen LogP contribution in [0.2, 0.25) is 5.02 Å². The number of hydrogen-bond acceptors (Lipinski definition) is 3. The van der Waals surface area contributed by atoms with Crippen LogP contribution in [0.3, 0.4) is 0 Å². The van der Waals surface area contributed by atoms with Crippen molar-refractivity contribution in [2.24, 2.45) is 11.8 Å². The Hall–Kier alpha value is -1.26. The van der Waals surface area contributed by atoms with Crippen molar-refractivity contribution in [3.8, 4) is 0 Å². The molecule has 104 valence electrons. The Morgan fingerprint density at radius 3 is 2.95 bits per heavy atom. The first-order valence-electron chi connectivity index (χ1n) is 6.67. The first-order valence-corrected chi connectivity index (χ1v) is 7.05. The lowest BCUT2D eigenvalue weighted by Crippen LogP contribution is -2.32. The van der Waals surface area contributed by atoms with E-state index in [1.165, 1.54) is 6.42 Å². The number of carbonyl (C=O) groups excluding carboxylic acids is 1. The van der Waals surface area contributed by atoms with Gasteiger partial charge in [0.1, 0.15) is 0 Å². The standard InChI is InChI=1S/C14H20ClN3O/c1-10-3-2-7-18(8-6-10)14(19)12-9-11(15)4-5-13(12)17-16/h4-5,9-10,17H,2-3,6-8,16H2,1H3. The fraction of sp³-hybridized carbons (Fsp3) is 0.500. The zero-order valence-corrected chi connectivity index (χ0v) is 11.9. The monoisotopic (exact) mass is 281 g/mol. The van der Waals surface area contributed by atoms with Crippen molar-refractivity contribution in [3.05, 3.63) is 28.8 Å². The molecule has 0 aliphatic carbocycles. The number of anilines is 1. The maximum atomic E-state index is 12.6. The normalized spacial score (nSPS) is 19.9. The third-order valence-corrected chi connectivity index (χ3v) is 3.91. The third kappa shape index (κ3) is 3.39. The summed E-state index contributed by atoms with van der Waals surface area (Å²) in [5.41, 5.74) is 3.72. The van der Waals surface area contributed by atoms with E-state index in [-0.39, 0.29) is 5.91 Å². The van der Waals surface area contributed by atoms with Gasteiger partial charge >= 0.3 is 0 Å². The number of likely N-dealkylation sites (tertiary alicyclic amines) is 1. The Balaban J connectivity index is 2.21. The van der Waals surface area contributed by atoms with Crippen LogP contribution in [-0.2, 0) is 0 Å². The molecule has 19 heavy (non-hydrogen) atoms. The number of nitrogen functional groups attached to an aromatic ring is 1. The van der Waals surface area contributed by atoms with Crippen LogP contribution in [0.25, 0.3) is 0 Å². The van der Waals surface area contributed by atoms with Gasteiger partial charge in [0, 0.05) is 18.1 Å². The molecule has 1 aromatic carbocycles. The predicted octanol–water partition coefficient (Wildman–Crippen LogP) is 2.89. The molecular weight excluding hydrogens is 262 g/mol. The summed E-state index contributed by atoms with van der Waals surface area (Å²) in [7, 11) is 0. The summed E-state index contributed by atoms with van der Waals surface area (Å²) in [6.07, 6.45) is 3.29. The van der Waals surface area contributed by atoms with Gasteiger partial charge < -0.3 is 10.3 Å². The molecule has 1 amide bonds. The van der Waals surface area contributed by atoms with Gasteiger partial charge in [-0.25, -0.2) is 0 Å². The first kappa shape index (κ1) is 14.2. The van der Waals surface area contributed by atoms with Crippen LogP contribution in [0.4, 0.5) is 5.69 Å². The second-order valence-corrected chi connectivity index (χ2v) is 5.60. The molecule has 1 aromatic rings. The Kier molecular flexibility index (Phi) is 4.66. The lowest BCUT2D eigenvalue weighted by atomic mass is 10.0. The van der Waals surface area contributed by atoms with Crippen LogP contribution in [0.1, 0.15) is 36.5 Å². The largest absolute Gasteiger partial charge is 0.339 e. The Bertz CT molecular complexity index is 464. The van der Waals surface area contributed by atoms with Crippen molar-refractivity contribution < 1.29 is 4.79 Å². The van der Waals surface area contributed by atoms with E-state index in [9.17, 15) is 4.79 Å². The zero-order chi connectivity index (χ0) is 13.8. The highest BCUT2D eigenvalue weighted by atomic mass is 35.5. The summed E-state index contributed by atoms with van der Waals surface area (Å²) in [5.74, 6) is 6.15. The summed E-state index contributed by atoms with van der Waals surface area (Å²) in [4.78, 5) is 14.5. The number of nitrogens with zero attached hydrogens (tertiary/aromatic N) is 1. The van der Waals surface area contributed by atoms with E-state index in [4.69, 9.17) is 17.4 Å². The van der Waals surface area contributed by atoms with Gasteiger partial charge in [-0.1, -0.05) is 18.5 Å². The second-order valence-electron chi connectivity index (χ2n) is 5.16. The number of halogens is 1. The highest BCUT2D eigenvalue weighted by Crippen LogP contribution is 2.24. The Morgan fingerprint density at radius 2 is 2.21 bits per heavy atom. The molecule has 0 saturated carbocycles. The molecule has 0 bridgehead atoms. The van der Waals surface area contributed by atoms with Gasteiger partial charge in [-0.3, -0.25) is 10.6 Å². The van der Waals surface area contributed by atoms with E-state index in [1.807, 2.05) is 4.90 Å². The number of carbonyl (C=O) groups is 1. The van der Waals surface area contributed by atoms with E-state index in [0.29, 0.717) is 22.2 Å². The summed E-state index contributed by atoms with van der Waals surface area (Å²) in [6.45, 7) is 3.84. The molecule has 0 spiro atoms. The van der Waals surface area contributed by atoms with Crippen molar-refractivity contribution in [1.29, 1.82) is 0 Å². The molecule has 5 heteroatoms. The zero-order valence-electron chi connectivity index (χ0n) is 11.2. The van der Waals surface area contributed by atoms with Crippen molar-refractivity contribution in [3.63, 3.8) is 0 Å². The quantitative estimate of drug-likeness (QED) is 0.647. The summed E-state index contributed by atoms with van der Waals surface area (Å²) in [6, 6.07) is 5.13. The molecule has 1 atom stereocenters. The molecule has 1 fully saturated rings. The van der Waals surface area contributed by atoms with Crippen LogP contribution in [0.15, 0.2) is 18.2 Å². The average molecular weight is 282 g/mol. The van der Waals surface area contributed by atoms with Gasteiger partial charge in [-0.05, 0) is 43.4 Å². The van der Waals surface area contributed by atoms with Gasteiger partial charge in [0.15, 0.2) is 0 Å². The lowest BCUT2D eigenvalue weighted by molar-refractivity contribution is 0.0761. The first-order chi connectivity index (χ1) is 9.11. The molecule has 1 aliphatic rings. The van der Waals surface area contributed by atoms with E-state index in [2.05, 4.69) is 12.3 Å². The number of hydrazine groups is 1. The second kappa shape index (κ2) is 6.26. The molecular formula is C14H20ClN3O. The molecule has 0 radical (unpaired) electrons. The van der Waals surface area contributed by atoms with Gasteiger partial charge in [0.2, 0.25) is 0 Å². The lowest BCUT2D eigenvalue weighted by Gasteiger charge is -2.22. The minimum Gasteiger partial charge on any atom is -0.339 e. The van der Waals surface area contributed by atoms with Crippen molar-refractivity contribution >= 4 is 23.2 Å². The fourth-order valence-electron chi connectivity index (χ4n) is 2.46. The van der Waals surface area contributed by atoms with E-state index in [0.717, 1.165) is 25.9 Å². The number of nitrogens with two attached hydrogens (primary N) is 1. The van der Waals surface area contributed by atoms with Crippen molar-refractivity contribution in [2.75, 3.05) is 18.5 Å². The molecule has 3 N–H and O–H groups in total. The topological polar surface area (TPSA) is 58.4 Å². The van der Waals surface area contributed by atoms with Crippen molar-refractivity contribution in [2.45, 2.75) is 26.2 Å². The van der Waals surface area contributed by atoms with Gasteiger partial charge in [-0.15, -0.1) is 0 Å². The molecule has 0 aromatic heterocycles. The molecule has 4 nitrogen and oxygen atoms in total. The highest BCUT2D eigenvalue weighted by Gasteiger charge is 2.21. The number of nitrogens with one attached hydrogen (secondary N) is 1. The van der Waals surface area contributed by atoms with Gasteiger partial charge in [0.25, 0.3) is 5.91 Å². The number of hydrogen-bond donors (Lipinski definition) is 2. The number of amides is 1. The third-order valence-electron chi connectivity index (χ3n) is 3.67. The van der Waals surface area contributed by atoms with Crippen LogP contribution < -0.4 is 11.3 Å². The minimum atomic E-state index is 0.00421. The molecule has 1 saturated heterocycles. The maximum absolute atomic E-state index is 12.6. The fourth-order valence-corrected chi connectivity index (χ4v) is 2.63. The van der Waals surface area contributed by atoms with Crippen LogP contribution >= 0.6 is 11.6 Å². The average Bonchev–Trinajstić information content (AvgIpc) is 2.62. The Morgan fingerprint density at radius 1 is 1.42 bits per heavy atom. The Labute approximate surface area is 118 Å². The van der Waals surface area contributed by atoms with Gasteiger partial charge in [-0.2, -0.15) is 0 Å². The van der Waals surface area contributed by atoms with E-state index >= 15 is 0 Å².